The van der Waals surface area contributed by atoms with E-state index in [0.717, 1.165) is 23.3 Å². The third-order valence-corrected chi connectivity index (χ3v) is 5.95. The number of fused-ring (bicyclic) bond motifs is 3. The van der Waals surface area contributed by atoms with Crippen molar-refractivity contribution >= 4 is 17.4 Å². The van der Waals surface area contributed by atoms with Crippen LogP contribution in [0.3, 0.4) is 0 Å². The first-order valence-electron chi connectivity index (χ1n) is 9.12. The maximum atomic E-state index is 13.0. The van der Waals surface area contributed by atoms with E-state index in [1.165, 1.54) is 0 Å². The van der Waals surface area contributed by atoms with Crippen molar-refractivity contribution in [3.8, 4) is 0 Å². The molecule has 1 aliphatic carbocycles. The Morgan fingerprint density at radius 3 is 2.73 bits per heavy atom. The van der Waals surface area contributed by atoms with Gasteiger partial charge in [0, 0.05) is 25.2 Å². The highest BCUT2D eigenvalue weighted by Gasteiger charge is 2.51. The Bertz CT molecular complexity index is 873. The standard InChI is InChI=1S/C19H26N6O/c1-11-5-4-6-25-14(11)8-22-17(25)19(2,3)23-16(26)15-12-7-13(15)10-24(9-12)18(20)21/h4-6,8,12-13,15H,7,9-10H2,1-3H3,(H3,20,21)(H,23,26). The van der Waals surface area contributed by atoms with Gasteiger partial charge in [-0.05, 0) is 50.7 Å². The molecule has 1 saturated carbocycles. The van der Waals surface area contributed by atoms with Gasteiger partial charge in [-0.1, -0.05) is 6.07 Å². The second-order valence-electron chi connectivity index (χ2n) is 8.21. The molecule has 2 atom stereocenters. The minimum Gasteiger partial charge on any atom is -0.370 e. The summed E-state index contributed by atoms with van der Waals surface area (Å²) in [6, 6.07) is 4.06. The van der Waals surface area contributed by atoms with Crippen molar-refractivity contribution in [2.24, 2.45) is 23.5 Å². The number of likely N-dealkylation sites (tertiary alicyclic amines) is 1. The van der Waals surface area contributed by atoms with Gasteiger partial charge in [-0.3, -0.25) is 10.2 Å². The van der Waals surface area contributed by atoms with Crippen LogP contribution in [0.2, 0.25) is 0 Å². The highest BCUT2D eigenvalue weighted by atomic mass is 16.2. The van der Waals surface area contributed by atoms with Gasteiger partial charge < -0.3 is 20.4 Å². The van der Waals surface area contributed by atoms with Gasteiger partial charge in [-0.25, -0.2) is 4.98 Å². The Balaban J connectivity index is 1.52. The van der Waals surface area contributed by atoms with Crippen LogP contribution in [0, 0.1) is 30.1 Å². The summed E-state index contributed by atoms with van der Waals surface area (Å²) in [5.41, 5.74) is 7.25. The third-order valence-electron chi connectivity index (χ3n) is 5.95. The number of imidazole rings is 1. The van der Waals surface area contributed by atoms with Gasteiger partial charge in [0.05, 0.1) is 17.3 Å². The van der Waals surface area contributed by atoms with Crippen LogP contribution in [0.4, 0.5) is 0 Å². The van der Waals surface area contributed by atoms with E-state index in [9.17, 15) is 4.79 Å². The summed E-state index contributed by atoms with van der Waals surface area (Å²) in [5, 5.41) is 10.8. The summed E-state index contributed by atoms with van der Waals surface area (Å²) in [7, 11) is 0. The molecular formula is C19H26N6O. The molecule has 0 radical (unpaired) electrons. The Kier molecular flexibility index (Phi) is 3.71. The zero-order valence-corrected chi connectivity index (χ0v) is 15.5. The molecule has 26 heavy (non-hydrogen) atoms. The number of hydrogen-bond donors (Lipinski definition) is 3. The van der Waals surface area contributed by atoms with Crippen LogP contribution in [0.15, 0.2) is 24.5 Å². The number of carbonyl (C=O) groups excluding carboxylic acids is 1. The minimum atomic E-state index is -0.568. The van der Waals surface area contributed by atoms with E-state index in [1.54, 1.807) is 0 Å². The lowest BCUT2D eigenvalue weighted by molar-refractivity contribution is -0.141. The van der Waals surface area contributed by atoms with E-state index in [0.29, 0.717) is 13.1 Å². The summed E-state index contributed by atoms with van der Waals surface area (Å²) < 4.78 is 2.05. The van der Waals surface area contributed by atoms with Crippen LogP contribution in [-0.2, 0) is 10.3 Å². The number of aryl methyl sites for hydroxylation is 1. The predicted molar refractivity (Wildman–Crippen MR) is 99.7 cm³/mol. The lowest BCUT2D eigenvalue weighted by Gasteiger charge is -2.53. The normalized spacial score (nSPS) is 25.0. The topological polar surface area (TPSA) is 99.5 Å². The summed E-state index contributed by atoms with van der Waals surface area (Å²) >= 11 is 0. The number of nitrogens with zero attached hydrogens (tertiary/aromatic N) is 3. The van der Waals surface area contributed by atoms with E-state index >= 15 is 0 Å². The van der Waals surface area contributed by atoms with Gasteiger partial charge in [-0.15, -0.1) is 0 Å². The van der Waals surface area contributed by atoms with Gasteiger partial charge in [0.25, 0.3) is 0 Å². The first-order valence-corrected chi connectivity index (χ1v) is 9.12. The Morgan fingerprint density at radius 2 is 2.08 bits per heavy atom. The number of guanidine groups is 1. The number of nitrogens with two attached hydrogens (primary N) is 1. The molecule has 2 bridgehead atoms. The number of pyridine rings is 1. The van der Waals surface area contributed by atoms with Gasteiger partial charge in [-0.2, -0.15) is 0 Å². The first kappa shape index (κ1) is 16.9. The largest absolute Gasteiger partial charge is 0.370 e. The zero-order chi connectivity index (χ0) is 18.6. The third kappa shape index (κ3) is 2.53. The smallest absolute Gasteiger partial charge is 0.224 e. The van der Waals surface area contributed by atoms with Crippen LogP contribution >= 0.6 is 0 Å². The van der Waals surface area contributed by atoms with Crippen molar-refractivity contribution in [3.05, 3.63) is 35.9 Å². The quantitative estimate of drug-likeness (QED) is 0.574. The molecule has 4 N–H and O–H groups in total. The van der Waals surface area contributed by atoms with E-state index in [4.69, 9.17) is 11.1 Å². The molecule has 7 nitrogen and oxygen atoms in total. The predicted octanol–water partition coefficient (Wildman–Crippen LogP) is 1.46. The molecule has 1 saturated heterocycles. The van der Waals surface area contributed by atoms with Crippen molar-refractivity contribution in [3.63, 3.8) is 0 Å². The molecular weight excluding hydrogens is 328 g/mol. The Morgan fingerprint density at radius 1 is 1.38 bits per heavy atom. The van der Waals surface area contributed by atoms with Gasteiger partial charge >= 0.3 is 0 Å². The Labute approximate surface area is 153 Å². The van der Waals surface area contributed by atoms with Gasteiger partial charge in [0.1, 0.15) is 5.82 Å². The maximum absolute atomic E-state index is 13.0. The molecule has 1 aliphatic heterocycles. The second kappa shape index (κ2) is 5.72. The fraction of sp³-hybridized carbons (Fsp3) is 0.526. The number of amides is 1. The van der Waals surface area contributed by atoms with E-state index in [2.05, 4.69) is 27.7 Å². The van der Waals surface area contributed by atoms with Gasteiger partial charge in [0.15, 0.2) is 5.96 Å². The second-order valence-corrected chi connectivity index (χ2v) is 8.21. The number of carbonyl (C=O) groups is 1. The molecule has 3 heterocycles. The lowest BCUT2D eigenvalue weighted by atomic mass is 9.61. The van der Waals surface area contributed by atoms with Crippen molar-refractivity contribution in [2.75, 3.05) is 13.1 Å². The van der Waals surface area contributed by atoms with Crippen molar-refractivity contribution in [1.82, 2.24) is 19.6 Å². The van der Waals surface area contributed by atoms with E-state index in [1.807, 2.05) is 37.2 Å². The average Bonchev–Trinajstić information content (AvgIpc) is 3.00. The number of piperidine rings is 2. The fourth-order valence-electron chi connectivity index (χ4n) is 4.58. The summed E-state index contributed by atoms with van der Waals surface area (Å²) in [6.07, 6.45) is 4.90. The maximum Gasteiger partial charge on any atom is 0.224 e. The fourth-order valence-corrected chi connectivity index (χ4v) is 4.58. The molecule has 0 spiro atoms. The first-order chi connectivity index (χ1) is 12.3. The monoisotopic (exact) mass is 354 g/mol. The molecule has 4 rings (SSSR count). The zero-order valence-electron chi connectivity index (χ0n) is 15.5. The summed E-state index contributed by atoms with van der Waals surface area (Å²) in [6.45, 7) is 7.46. The molecule has 7 heteroatoms. The van der Waals surface area contributed by atoms with Crippen molar-refractivity contribution < 1.29 is 4.79 Å². The number of aromatic nitrogens is 2. The highest BCUT2D eigenvalue weighted by Crippen LogP contribution is 2.45. The number of hydrogen-bond acceptors (Lipinski definition) is 3. The molecule has 2 fully saturated rings. The SMILES string of the molecule is Cc1cccn2c(C(C)(C)NC(=O)C3C4CC3CN(C(=N)N)C4)ncc12. The van der Waals surface area contributed by atoms with Crippen molar-refractivity contribution in [2.45, 2.75) is 32.7 Å². The van der Waals surface area contributed by atoms with E-state index in [-0.39, 0.29) is 29.6 Å². The minimum absolute atomic E-state index is 0.0119. The average molecular weight is 354 g/mol. The van der Waals surface area contributed by atoms with Crippen LogP contribution in [0.5, 0.6) is 0 Å². The van der Waals surface area contributed by atoms with Gasteiger partial charge in [0.2, 0.25) is 5.91 Å². The lowest BCUT2D eigenvalue weighted by Crippen LogP contribution is -2.62. The summed E-state index contributed by atoms with van der Waals surface area (Å²) in [4.78, 5) is 19.4. The van der Waals surface area contributed by atoms with Crippen LogP contribution in [0.1, 0.15) is 31.7 Å². The summed E-state index contributed by atoms with van der Waals surface area (Å²) in [5.74, 6) is 1.61. The van der Waals surface area contributed by atoms with Crippen LogP contribution < -0.4 is 11.1 Å². The van der Waals surface area contributed by atoms with Crippen LogP contribution in [0.25, 0.3) is 5.52 Å². The molecule has 138 valence electrons. The molecule has 2 unspecified atom stereocenters. The number of nitrogens with one attached hydrogen (secondary N) is 2. The molecule has 2 aromatic rings. The molecule has 2 aromatic heterocycles. The van der Waals surface area contributed by atoms with E-state index < -0.39 is 5.54 Å². The highest BCUT2D eigenvalue weighted by molar-refractivity contribution is 5.82. The van der Waals surface area contributed by atoms with Crippen molar-refractivity contribution in [1.29, 1.82) is 5.41 Å². The molecule has 2 aliphatic rings. The Hall–Kier alpha value is -2.57. The molecule has 1 amide bonds. The van der Waals surface area contributed by atoms with Crippen LogP contribution in [-0.4, -0.2) is 39.2 Å². The number of rotatable bonds is 3. The molecule has 0 aromatic carbocycles.